The molecule has 0 saturated carbocycles. The topological polar surface area (TPSA) is 69.5 Å². The van der Waals surface area contributed by atoms with Gasteiger partial charge in [-0.2, -0.15) is 0 Å². The maximum atomic E-state index is 10.5. The molecule has 2 aromatic heterocycles. The van der Waals surface area contributed by atoms with Gasteiger partial charge in [0.05, 0.1) is 11.6 Å². The first kappa shape index (κ1) is 21.3. The number of nitrogens with one attached hydrogen (secondary N) is 2. The Morgan fingerprint density at radius 1 is 1.42 bits per heavy atom. The zero-order chi connectivity index (χ0) is 16.7. The SMILES string of the molecule is CCNC(=NCC(C)(O)c1cccs1)NCCc1ncc(C)s1.I. The summed E-state index contributed by atoms with van der Waals surface area (Å²) in [7, 11) is 0. The second-order valence-electron chi connectivity index (χ2n) is 5.49. The number of aliphatic imine (C=N–C) groups is 1. The van der Waals surface area contributed by atoms with Gasteiger partial charge in [0.1, 0.15) is 5.60 Å². The van der Waals surface area contributed by atoms with Crippen molar-refractivity contribution in [2.75, 3.05) is 19.6 Å². The first-order chi connectivity index (χ1) is 11.0. The van der Waals surface area contributed by atoms with E-state index >= 15 is 0 Å². The van der Waals surface area contributed by atoms with Gasteiger partial charge in [0, 0.05) is 35.5 Å². The zero-order valence-corrected chi connectivity index (χ0v) is 18.2. The maximum Gasteiger partial charge on any atom is 0.191 e. The average molecular weight is 480 g/mol. The largest absolute Gasteiger partial charge is 0.383 e. The third kappa shape index (κ3) is 6.66. The minimum atomic E-state index is -0.942. The van der Waals surface area contributed by atoms with E-state index in [1.165, 1.54) is 4.88 Å². The van der Waals surface area contributed by atoms with Gasteiger partial charge in [-0.1, -0.05) is 6.07 Å². The fourth-order valence-corrected chi connectivity index (χ4v) is 3.61. The van der Waals surface area contributed by atoms with E-state index in [4.69, 9.17) is 0 Å². The summed E-state index contributed by atoms with van der Waals surface area (Å²) in [6.07, 6.45) is 2.77. The van der Waals surface area contributed by atoms with Crippen LogP contribution in [0.5, 0.6) is 0 Å². The summed E-state index contributed by atoms with van der Waals surface area (Å²) in [5.41, 5.74) is -0.942. The van der Waals surface area contributed by atoms with Crippen molar-refractivity contribution in [1.29, 1.82) is 0 Å². The molecule has 0 aliphatic carbocycles. The average Bonchev–Trinajstić information content (AvgIpc) is 3.17. The lowest BCUT2D eigenvalue weighted by Crippen LogP contribution is -2.39. The predicted molar refractivity (Wildman–Crippen MR) is 114 cm³/mol. The monoisotopic (exact) mass is 480 g/mol. The number of thiazole rings is 1. The molecular formula is C16H25IN4OS2. The van der Waals surface area contributed by atoms with Crippen molar-refractivity contribution in [1.82, 2.24) is 15.6 Å². The molecule has 2 aromatic rings. The number of aromatic nitrogens is 1. The summed E-state index contributed by atoms with van der Waals surface area (Å²) in [4.78, 5) is 11.0. The first-order valence-corrected chi connectivity index (χ1v) is 9.40. The fourth-order valence-electron chi connectivity index (χ4n) is 2.04. The van der Waals surface area contributed by atoms with Gasteiger partial charge >= 0.3 is 0 Å². The number of rotatable bonds is 7. The lowest BCUT2D eigenvalue weighted by molar-refractivity contribution is 0.0711. The maximum absolute atomic E-state index is 10.5. The number of hydrogen-bond acceptors (Lipinski definition) is 5. The molecule has 0 aliphatic rings. The van der Waals surface area contributed by atoms with Crippen molar-refractivity contribution in [3.8, 4) is 0 Å². The van der Waals surface area contributed by atoms with Crippen LogP contribution in [0.3, 0.4) is 0 Å². The van der Waals surface area contributed by atoms with E-state index in [2.05, 4.69) is 27.5 Å². The van der Waals surface area contributed by atoms with Crippen LogP contribution >= 0.6 is 46.7 Å². The highest BCUT2D eigenvalue weighted by atomic mass is 127. The van der Waals surface area contributed by atoms with Crippen LogP contribution in [0, 0.1) is 6.92 Å². The van der Waals surface area contributed by atoms with E-state index < -0.39 is 5.60 Å². The molecule has 0 fully saturated rings. The lowest BCUT2D eigenvalue weighted by Gasteiger charge is -2.20. The molecule has 134 valence electrons. The summed E-state index contributed by atoms with van der Waals surface area (Å²) in [5.74, 6) is 0.720. The van der Waals surface area contributed by atoms with Crippen molar-refractivity contribution in [3.05, 3.63) is 38.5 Å². The molecule has 5 nitrogen and oxygen atoms in total. The molecule has 24 heavy (non-hydrogen) atoms. The molecule has 2 rings (SSSR count). The van der Waals surface area contributed by atoms with Crippen molar-refractivity contribution >= 4 is 52.6 Å². The minimum absolute atomic E-state index is 0. The van der Waals surface area contributed by atoms with E-state index in [1.54, 1.807) is 29.6 Å². The highest BCUT2D eigenvalue weighted by Gasteiger charge is 2.23. The van der Waals surface area contributed by atoms with E-state index in [0.717, 1.165) is 35.4 Å². The Bertz CT molecular complexity index is 626. The summed E-state index contributed by atoms with van der Waals surface area (Å²) in [6, 6.07) is 3.88. The summed E-state index contributed by atoms with van der Waals surface area (Å²) >= 11 is 3.26. The molecule has 8 heteroatoms. The third-order valence-corrected chi connectivity index (χ3v) is 5.34. The van der Waals surface area contributed by atoms with Gasteiger partial charge in [-0.25, -0.2) is 9.98 Å². The molecular weight excluding hydrogens is 455 g/mol. The first-order valence-electron chi connectivity index (χ1n) is 7.71. The van der Waals surface area contributed by atoms with Crippen molar-refractivity contribution in [2.24, 2.45) is 4.99 Å². The van der Waals surface area contributed by atoms with Crippen LogP contribution in [0.25, 0.3) is 0 Å². The molecule has 0 aromatic carbocycles. The van der Waals surface area contributed by atoms with Crippen LogP contribution in [0.15, 0.2) is 28.7 Å². The Labute approximate surface area is 168 Å². The van der Waals surface area contributed by atoms with Crippen LogP contribution in [-0.4, -0.2) is 35.7 Å². The Kier molecular flexibility index (Phi) is 9.17. The third-order valence-electron chi connectivity index (χ3n) is 3.24. The van der Waals surface area contributed by atoms with Crippen molar-refractivity contribution in [3.63, 3.8) is 0 Å². The van der Waals surface area contributed by atoms with Crippen molar-refractivity contribution in [2.45, 2.75) is 32.8 Å². The summed E-state index contributed by atoms with van der Waals surface area (Å²) in [6.45, 7) is 7.75. The molecule has 1 unspecified atom stereocenters. The Balaban J connectivity index is 0.00000288. The van der Waals surface area contributed by atoms with E-state index in [1.807, 2.05) is 30.6 Å². The quantitative estimate of drug-likeness (QED) is 0.324. The number of nitrogens with zero attached hydrogens (tertiary/aromatic N) is 2. The van der Waals surface area contributed by atoms with Gasteiger partial charge in [0.2, 0.25) is 0 Å². The molecule has 0 saturated heterocycles. The van der Waals surface area contributed by atoms with Crippen LogP contribution in [0.1, 0.15) is 28.6 Å². The van der Waals surface area contributed by atoms with Gasteiger partial charge < -0.3 is 15.7 Å². The number of thiophene rings is 1. The number of halogens is 1. The summed E-state index contributed by atoms with van der Waals surface area (Å²) in [5, 5.41) is 20.1. The van der Waals surface area contributed by atoms with E-state index in [0.29, 0.717) is 6.54 Å². The number of aryl methyl sites for hydroxylation is 1. The van der Waals surface area contributed by atoms with E-state index in [-0.39, 0.29) is 24.0 Å². The number of aliphatic hydroxyl groups is 1. The number of hydrogen-bond donors (Lipinski definition) is 3. The van der Waals surface area contributed by atoms with Gasteiger partial charge in [-0.05, 0) is 32.2 Å². The molecule has 3 N–H and O–H groups in total. The van der Waals surface area contributed by atoms with E-state index in [9.17, 15) is 5.11 Å². The minimum Gasteiger partial charge on any atom is -0.383 e. The van der Waals surface area contributed by atoms with Crippen molar-refractivity contribution < 1.29 is 5.11 Å². The van der Waals surface area contributed by atoms with Gasteiger partial charge in [-0.3, -0.25) is 0 Å². The van der Waals surface area contributed by atoms with Gasteiger partial charge in [0.15, 0.2) is 5.96 Å². The molecule has 0 spiro atoms. The molecule has 0 amide bonds. The van der Waals surface area contributed by atoms with Crippen LogP contribution < -0.4 is 10.6 Å². The second-order valence-corrected chi connectivity index (χ2v) is 7.75. The van der Waals surface area contributed by atoms with Crippen LogP contribution in [0.4, 0.5) is 0 Å². The zero-order valence-electron chi connectivity index (χ0n) is 14.2. The fraction of sp³-hybridized carbons (Fsp3) is 0.500. The Morgan fingerprint density at radius 2 is 2.21 bits per heavy atom. The molecule has 0 aliphatic heterocycles. The highest BCUT2D eigenvalue weighted by molar-refractivity contribution is 14.0. The normalized spacial score (nSPS) is 13.9. The number of guanidine groups is 1. The second kappa shape index (κ2) is 10.3. The lowest BCUT2D eigenvalue weighted by atomic mass is 10.1. The summed E-state index contributed by atoms with van der Waals surface area (Å²) < 4.78 is 0. The molecule has 0 radical (unpaired) electrons. The van der Waals surface area contributed by atoms with Gasteiger partial charge in [0.25, 0.3) is 0 Å². The van der Waals surface area contributed by atoms with Crippen LogP contribution in [0.2, 0.25) is 0 Å². The van der Waals surface area contributed by atoms with Crippen LogP contribution in [-0.2, 0) is 12.0 Å². The highest BCUT2D eigenvalue weighted by Crippen LogP contribution is 2.25. The molecule has 0 bridgehead atoms. The van der Waals surface area contributed by atoms with Gasteiger partial charge in [-0.15, -0.1) is 46.7 Å². The standard InChI is InChI=1S/C16H24N4OS2.HI/c1-4-17-15(18-8-7-14-19-10-12(2)23-14)20-11-16(3,21)13-6-5-9-22-13;/h5-6,9-10,21H,4,7-8,11H2,1-3H3,(H2,17,18,20);1H. The molecule has 1 atom stereocenters. The smallest absolute Gasteiger partial charge is 0.191 e. The Morgan fingerprint density at radius 3 is 2.79 bits per heavy atom. The predicted octanol–water partition coefficient (Wildman–Crippen LogP) is 3.14. The Hall–Kier alpha value is -0.710. The molecule has 2 heterocycles.